The molecule has 0 aromatic rings. The maximum atomic E-state index is 10.0. The van der Waals surface area contributed by atoms with Gasteiger partial charge in [-0.15, -0.1) is 0 Å². The van der Waals surface area contributed by atoms with E-state index >= 15 is 0 Å². The minimum Gasteiger partial charge on any atom is -0.394 e. The first kappa shape index (κ1) is 20.2. The molecule has 13 nitrogen and oxygen atoms in total. The molecule has 4 unspecified atom stereocenters. The maximum absolute atomic E-state index is 10.0. The van der Waals surface area contributed by atoms with Crippen LogP contribution in [0.2, 0.25) is 0 Å². The Balaban J connectivity index is 2.12. The van der Waals surface area contributed by atoms with Crippen molar-refractivity contribution in [1.29, 1.82) is 0 Å². The van der Waals surface area contributed by atoms with E-state index in [1.807, 2.05) is 0 Å². The zero-order chi connectivity index (χ0) is 18.7. The van der Waals surface area contributed by atoms with E-state index in [-0.39, 0.29) is 0 Å². The quantitative estimate of drug-likeness (QED) is 0.141. The average molecular weight is 367 g/mol. The summed E-state index contributed by atoms with van der Waals surface area (Å²) in [5.74, 6) is 0. The summed E-state index contributed by atoms with van der Waals surface area (Å²) in [5, 5.41) is 71.0. The minimum absolute atomic E-state index is 0.665. The number of nitrogens with zero attached hydrogens (tertiary/aromatic N) is 3. The highest BCUT2D eigenvalue weighted by Gasteiger charge is 2.49. The van der Waals surface area contributed by atoms with Gasteiger partial charge in [-0.05, 0) is 5.53 Å². The van der Waals surface area contributed by atoms with E-state index in [0.717, 1.165) is 0 Å². The first-order valence-electron chi connectivity index (χ1n) is 7.48. The number of hydrogen-bond acceptors (Lipinski definition) is 11. The van der Waals surface area contributed by atoms with Gasteiger partial charge in [0.05, 0.1) is 31.5 Å². The van der Waals surface area contributed by atoms with Crippen LogP contribution in [-0.2, 0) is 14.2 Å². The lowest BCUT2D eigenvalue weighted by Crippen LogP contribution is -2.63. The molecule has 0 amide bonds. The van der Waals surface area contributed by atoms with Gasteiger partial charge in [0.25, 0.3) is 0 Å². The molecule has 10 atom stereocenters. The summed E-state index contributed by atoms with van der Waals surface area (Å²) in [6.07, 6.45) is -14.1. The fourth-order valence-corrected chi connectivity index (χ4v) is 2.69. The first-order valence-corrected chi connectivity index (χ1v) is 7.48. The SMILES string of the molecule is [N-]=[N+]=N[C@@H]1C(CO)O[C@H](O[C@H]2OC(CO)[C@@H](O)[C@@H](O)C2O)C(O)[C@H]1O. The van der Waals surface area contributed by atoms with Gasteiger partial charge in [-0.25, -0.2) is 0 Å². The Labute approximate surface area is 141 Å². The van der Waals surface area contributed by atoms with Crippen molar-refractivity contribution in [1.82, 2.24) is 0 Å². The largest absolute Gasteiger partial charge is 0.394 e. The Bertz CT molecular complexity index is 488. The van der Waals surface area contributed by atoms with Gasteiger partial charge < -0.3 is 50.0 Å². The normalized spacial score (nSPS) is 48.0. The van der Waals surface area contributed by atoms with Gasteiger partial charge in [0.2, 0.25) is 0 Å². The highest BCUT2D eigenvalue weighted by atomic mass is 16.8. The molecular formula is C12H21N3O10. The molecule has 7 N–H and O–H groups in total. The van der Waals surface area contributed by atoms with E-state index in [0.29, 0.717) is 0 Å². The predicted octanol–water partition coefficient (Wildman–Crippen LogP) is -4.08. The highest BCUT2D eigenvalue weighted by molar-refractivity contribution is 4.95. The van der Waals surface area contributed by atoms with Crippen molar-refractivity contribution in [3.63, 3.8) is 0 Å². The molecule has 0 bridgehead atoms. The zero-order valence-electron chi connectivity index (χ0n) is 12.9. The van der Waals surface area contributed by atoms with Crippen molar-refractivity contribution in [2.45, 2.75) is 61.3 Å². The fourth-order valence-electron chi connectivity index (χ4n) is 2.69. The van der Waals surface area contributed by atoms with Gasteiger partial charge in [-0.2, -0.15) is 0 Å². The summed E-state index contributed by atoms with van der Waals surface area (Å²) >= 11 is 0. The number of aliphatic hydroxyl groups excluding tert-OH is 7. The molecule has 25 heavy (non-hydrogen) atoms. The molecule has 0 aromatic heterocycles. The second-order valence-electron chi connectivity index (χ2n) is 5.74. The van der Waals surface area contributed by atoms with Crippen LogP contribution in [0.25, 0.3) is 10.4 Å². The Morgan fingerprint density at radius 2 is 1.32 bits per heavy atom. The van der Waals surface area contributed by atoms with E-state index < -0.39 is 74.6 Å². The molecule has 0 spiro atoms. The molecule has 0 radical (unpaired) electrons. The Morgan fingerprint density at radius 1 is 0.800 bits per heavy atom. The molecule has 2 heterocycles. The summed E-state index contributed by atoms with van der Waals surface area (Å²) in [6, 6.07) is -1.28. The number of azide groups is 1. The lowest BCUT2D eigenvalue weighted by molar-refractivity contribution is -0.368. The highest BCUT2D eigenvalue weighted by Crippen LogP contribution is 2.29. The van der Waals surface area contributed by atoms with E-state index in [2.05, 4.69) is 10.0 Å². The third-order valence-corrected chi connectivity index (χ3v) is 4.15. The van der Waals surface area contributed by atoms with Crippen molar-refractivity contribution >= 4 is 0 Å². The van der Waals surface area contributed by atoms with Crippen molar-refractivity contribution in [3.8, 4) is 0 Å². The van der Waals surface area contributed by atoms with Crippen molar-refractivity contribution in [2.24, 2.45) is 5.11 Å². The topological polar surface area (TPSA) is 218 Å². The van der Waals surface area contributed by atoms with Crippen LogP contribution in [0.4, 0.5) is 0 Å². The number of hydrogen-bond donors (Lipinski definition) is 7. The van der Waals surface area contributed by atoms with Crippen LogP contribution in [0.5, 0.6) is 0 Å². The van der Waals surface area contributed by atoms with Crippen LogP contribution in [0.1, 0.15) is 0 Å². The molecule has 2 rings (SSSR count). The minimum atomic E-state index is -1.74. The van der Waals surface area contributed by atoms with Crippen LogP contribution in [0.3, 0.4) is 0 Å². The fraction of sp³-hybridized carbons (Fsp3) is 1.00. The molecule has 2 saturated heterocycles. The van der Waals surface area contributed by atoms with Crippen molar-refractivity contribution in [2.75, 3.05) is 13.2 Å². The van der Waals surface area contributed by atoms with Crippen molar-refractivity contribution < 1.29 is 50.0 Å². The summed E-state index contributed by atoms with van der Waals surface area (Å²) < 4.78 is 15.5. The lowest BCUT2D eigenvalue weighted by Gasteiger charge is -2.44. The van der Waals surface area contributed by atoms with Gasteiger partial charge in [-0.1, -0.05) is 5.11 Å². The van der Waals surface area contributed by atoms with E-state index in [1.54, 1.807) is 0 Å². The van der Waals surface area contributed by atoms with Crippen LogP contribution in [0.15, 0.2) is 5.11 Å². The molecule has 2 fully saturated rings. The molecule has 0 saturated carbocycles. The molecule has 2 aliphatic rings. The van der Waals surface area contributed by atoms with E-state index in [1.165, 1.54) is 0 Å². The number of rotatable bonds is 5. The second-order valence-corrected chi connectivity index (χ2v) is 5.74. The molecule has 0 aliphatic carbocycles. The van der Waals surface area contributed by atoms with Crippen LogP contribution in [0, 0.1) is 0 Å². The van der Waals surface area contributed by atoms with Gasteiger partial charge >= 0.3 is 0 Å². The van der Waals surface area contributed by atoms with Crippen LogP contribution < -0.4 is 0 Å². The van der Waals surface area contributed by atoms with E-state index in [4.69, 9.17) is 24.8 Å². The molecule has 0 aromatic carbocycles. The smallest absolute Gasteiger partial charge is 0.189 e. The van der Waals surface area contributed by atoms with Crippen molar-refractivity contribution in [3.05, 3.63) is 10.4 Å². The van der Waals surface area contributed by atoms with Gasteiger partial charge in [0, 0.05) is 4.91 Å². The molecule has 144 valence electrons. The molecule has 13 heteroatoms. The zero-order valence-corrected chi connectivity index (χ0v) is 12.9. The third-order valence-electron chi connectivity index (χ3n) is 4.15. The summed E-state index contributed by atoms with van der Waals surface area (Å²) in [4.78, 5) is 2.50. The predicted molar refractivity (Wildman–Crippen MR) is 75.5 cm³/mol. The lowest BCUT2D eigenvalue weighted by atomic mass is 9.97. The summed E-state index contributed by atoms with van der Waals surface area (Å²) in [5.41, 5.74) is 8.48. The van der Waals surface area contributed by atoms with E-state index in [9.17, 15) is 30.6 Å². The Hall–Kier alpha value is -1.09. The monoisotopic (exact) mass is 367 g/mol. The molecular weight excluding hydrogens is 346 g/mol. The average Bonchev–Trinajstić information content (AvgIpc) is 2.61. The maximum Gasteiger partial charge on any atom is 0.189 e. The third kappa shape index (κ3) is 4.02. The Kier molecular flexibility index (Phi) is 6.90. The van der Waals surface area contributed by atoms with Gasteiger partial charge in [-0.3, -0.25) is 0 Å². The molecule has 2 aliphatic heterocycles. The number of ether oxygens (including phenoxy) is 3. The van der Waals surface area contributed by atoms with Crippen LogP contribution >= 0.6 is 0 Å². The summed E-state index contributed by atoms with van der Waals surface area (Å²) in [6.45, 7) is -1.35. The Morgan fingerprint density at radius 3 is 1.84 bits per heavy atom. The standard InChI is InChI=1S/C12H21N3O10/c13-15-14-5-3(1-16)23-11(9(21)7(5)19)25-12-10(22)8(20)6(18)4(2-17)24-12/h3-12,16-22H,1-2H2/t3?,4?,5-,6-,7+,8-,9?,10?,11-,12-/m1/s1. The number of aliphatic hydroxyl groups is 7. The van der Waals surface area contributed by atoms with Gasteiger partial charge in [0.15, 0.2) is 12.6 Å². The van der Waals surface area contributed by atoms with Gasteiger partial charge in [0.1, 0.15) is 30.5 Å². The first-order chi connectivity index (χ1) is 11.8. The second kappa shape index (κ2) is 8.53. The summed E-state index contributed by atoms with van der Waals surface area (Å²) in [7, 11) is 0. The van der Waals surface area contributed by atoms with Crippen LogP contribution in [-0.4, -0.2) is 110 Å².